The van der Waals surface area contributed by atoms with Crippen molar-refractivity contribution in [2.24, 2.45) is 0 Å². The first kappa shape index (κ1) is 109. The molecule has 0 unspecified atom stereocenters. The van der Waals surface area contributed by atoms with Crippen LogP contribution in [0.25, 0.3) is 0 Å². The molecule has 6 saturated heterocycles. The summed E-state index contributed by atoms with van der Waals surface area (Å²) in [5.41, 5.74) is 4.81. The second kappa shape index (κ2) is 50.9. The Labute approximate surface area is 809 Å². The number of hydrogen-bond acceptors (Lipinski definition) is 21. The minimum absolute atomic E-state index is 0. The summed E-state index contributed by atoms with van der Waals surface area (Å²) in [5.74, 6) is 1.05. The Morgan fingerprint density at radius 3 is 0.961 bits per heavy atom. The summed E-state index contributed by atoms with van der Waals surface area (Å²) in [5, 5.41) is 25.0. The Balaban J connectivity index is 0.000000246. The second-order valence-electron chi connectivity index (χ2n) is 30.8. The summed E-state index contributed by atoms with van der Waals surface area (Å²) in [6.45, 7) is 14.9. The standard InChI is InChI=1S/C23H27BrN2O4S.C21H24BrNO5S.C21H22BrNO2.C20H22BrNO3.C4H8O2S.CH3ClO2S.B.Na.H2O3/c1-18(19-8-10-21(24)11-9-19)26-16-13-23(30-22(26)27,20-6-3-2-4-7-20)12-15-25-14-5-17-31(25,28)29;1-16(17-8-10-19(22)11-9-17)23-14-12-21(28-20(23)24,13-15-27-29(2,25)26)18-6-4-3-5-7-18;1-3-13-21(18-7-5-4-6-8-18)14-15-23(20(24)25-21)16(2)17-9-11-19(22)12-10-17;1-15(16-7-9-18(21)10-8-16)22-13-11-20(12-14-23,25-19(22)24)17-5-3-2-4-6-17;5-7(6)3-1-2-4-7;1-5(2,3)4;;;1-3-2/h2-4,6-11,18H,5,12-17H2,1H3;3-11,16H,12-15H2,1-2H3;3-12,16H,1,13-15H2,2H3;2-10,15,23H,11-14H2,1H3;1-4H2;1H3;;;1-2H/q;;;;;;-1;+1;/t18-,23+;16-,21-;16-,21+;15-,20-;;;;;/m0000...../s1. The van der Waals surface area contributed by atoms with E-state index in [2.05, 4.69) is 86.0 Å². The van der Waals surface area contributed by atoms with Gasteiger partial charge in [-0.2, -0.15) is 8.42 Å². The van der Waals surface area contributed by atoms with Gasteiger partial charge in [-0.3, -0.25) is 4.18 Å². The van der Waals surface area contributed by atoms with E-state index in [-0.39, 0.29) is 106 Å². The third kappa shape index (κ3) is 32.4. The van der Waals surface area contributed by atoms with Gasteiger partial charge in [0.25, 0.3) is 10.1 Å². The second-order valence-corrected chi connectivity index (χ2v) is 43.5. The number of sulfonamides is 1. The molecule has 6 aliphatic heterocycles. The minimum atomic E-state index is -3.57. The number of benzene rings is 8. The monoisotopic (exact) mass is 2110 g/mol. The van der Waals surface area contributed by atoms with Crippen LogP contribution in [0.3, 0.4) is 0 Å². The van der Waals surface area contributed by atoms with Crippen molar-refractivity contribution in [1.29, 1.82) is 0 Å². The quantitative estimate of drug-likeness (QED) is 0.0102. The fourth-order valence-corrected chi connectivity index (χ4v) is 20.0. The van der Waals surface area contributed by atoms with E-state index in [4.69, 9.17) is 33.6 Å². The van der Waals surface area contributed by atoms with Crippen LogP contribution in [-0.4, -0.2) is 188 Å². The molecule has 4 radical (unpaired) electrons. The molecule has 14 rings (SSSR count). The number of nitrogens with zero attached hydrogens (tertiary/aromatic N) is 5. The van der Waals surface area contributed by atoms with E-state index < -0.39 is 67.5 Å². The van der Waals surface area contributed by atoms with Gasteiger partial charge in [0, 0.05) is 126 Å². The number of rotatable bonds is 23. The largest absolute Gasteiger partial charge is 1.00 e. The summed E-state index contributed by atoms with van der Waals surface area (Å²) in [6, 6.07) is 70.2. The van der Waals surface area contributed by atoms with Crippen molar-refractivity contribution in [1.82, 2.24) is 23.9 Å². The SMILES string of the molecule is C=CC[C@]1(c2ccccc2)CCN([C@@H](C)c2ccc(Br)cc2)C(=O)O1.CS(=O)(=O)Cl.C[C@@H](c1ccc(Br)cc1)N1CC[C@](CCN2CCCS2(=O)=O)(c2ccccc2)OC1=O.C[C@@H](c1ccc(Br)cc1)N1CC[C@](CCO)(c2ccccc2)OC1=O.C[C@@H](c1ccc(Br)cc1)N1CC[C@](CCOS(C)(=O)=O)(c2ccccc2)OC1=O.O=S1(=O)CCCC1.OOO.[B-].[Na+]. The Morgan fingerprint density at radius 2 is 0.717 bits per heavy atom. The van der Waals surface area contributed by atoms with Gasteiger partial charge >= 0.3 is 53.9 Å². The van der Waals surface area contributed by atoms with E-state index in [0.29, 0.717) is 95.7 Å². The molecule has 8 aromatic carbocycles. The predicted molar refractivity (Wildman–Crippen MR) is 501 cm³/mol. The third-order valence-corrected chi connectivity index (χ3v) is 29.0. The van der Waals surface area contributed by atoms with E-state index in [1.807, 2.05) is 252 Å². The number of sulfone groups is 1. The molecule has 8 atom stereocenters. The van der Waals surface area contributed by atoms with E-state index in [9.17, 15) is 58.0 Å². The van der Waals surface area contributed by atoms with Crippen molar-refractivity contribution in [3.05, 3.63) is 293 Å². The molecule has 127 heavy (non-hydrogen) atoms. The molecule has 0 spiro atoms. The summed E-state index contributed by atoms with van der Waals surface area (Å²) in [6.07, 6.45) is 9.05. The Hall–Kier alpha value is -6.59. The van der Waals surface area contributed by atoms with Crippen LogP contribution >= 0.6 is 74.4 Å². The fourth-order valence-electron chi connectivity index (χ4n) is 15.5. The van der Waals surface area contributed by atoms with E-state index in [1.54, 1.807) is 19.6 Å². The van der Waals surface area contributed by atoms with Gasteiger partial charge in [0.05, 0.1) is 60.5 Å². The number of amides is 4. The Bertz CT molecular complexity index is 5280. The molecular weight excluding hydrogens is 2000 g/mol. The van der Waals surface area contributed by atoms with Crippen molar-refractivity contribution in [2.45, 2.75) is 145 Å². The topological polar surface area (TPSA) is 337 Å². The number of cyclic esters (lactones) is 4. The van der Waals surface area contributed by atoms with Gasteiger partial charge in [0.15, 0.2) is 0 Å². The molecule has 37 heteroatoms. The van der Waals surface area contributed by atoms with E-state index in [0.717, 1.165) is 94.2 Å². The van der Waals surface area contributed by atoms with Crippen molar-refractivity contribution in [3.63, 3.8) is 0 Å². The number of halogens is 5. The van der Waals surface area contributed by atoms with Crippen LogP contribution in [0.1, 0.15) is 167 Å². The van der Waals surface area contributed by atoms with Crippen molar-refractivity contribution in [3.8, 4) is 0 Å². The third-order valence-electron chi connectivity index (χ3n) is 22.5. The zero-order valence-corrected chi connectivity index (χ0v) is 84.3. The normalized spacial score (nSPS) is 21.5. The van der Waals surface area contributed by atoms with Crippen molar-refractivity contribution < 1.29 is 126 Å². The van der Waals surface area contributed by atoms with Crippen molar-refractivity contribution in [2.75, 3.05) is 82.3 Å². The maximum Gasteiger partial charge on any atom is 1.00 e. The molecule has 0 bridgehead atoms. The molecule has 0 aliphatic carbocycles. The van der Waals surface area contributed by atoms with Gasteiger partial charge < -0.3 is 52.1 Å². The van der Waals surface area contributed by atoms with Gasteiger partial charge in [-0.15, -0.1) is 6.58 Å². The number of ether oxygens (including phenoxy) is 4. The van der Waals surface area contributed by atoms with Crippen LogP contribution < -0.4 is 29.6 Å². The van der Waals surface area contributed by atoms with Gasteiger partial charge in [-0.25, -0.2) is 59.3 Å². The number of aliphatic hydroxyl groups is 1. The van der Waals surface area contributed by atoms with Crippen LogP contribution in [0, 0.1) is 0 Å². The van der Waals surface area contributed by atoms with E-state index in [1.165, 1.54) is 4.31 Å². The Morgan fingerprint density at radius 1 is 0.449 bits per heavy atom. The van der Waals surface area contributed by atoms with Gasteiger partial charge in [0.1, 0.15) is 32.2 Å². The zero-order chi connectivity index (χ0) is 91.4. The van der Waals surface area contributed by atoms with E-state index >= 15 is 0 Å². The Kier molecular flexibility index (Phi) is 43.7. The molecule has 4 amide bonds. The maximum atomic E-state index is 13.2. The van der Waals surface area contributed by atoms with Gasteiger partial charge in [0.2, 0.25) is 19.1 Å². The van der Waals surface area contributed by atoms with Crippen LogP contribution in [-0.2, 0) is 89.6 Å². The molecule has 6 fully saturated rings. The molecule has 682 valence electrons. The number of aliphatic hydroxyl groups excluding tert-OH is 1. The van der Waals surface area contributed by atoms with Crippen molar-refractivity contribution >= 4 is 146 Å². The minimum Gasteiger partial charge on any atom is -1.00 e. The molecule has 3 N–H and O–H groups in total. The van der Waals surface area contributed by atoms with Gasteiger partial charge in [-0.05, 0) is 140 Å². The summed E-state index contributed by atoms with van der Waals surface area (Å²) in [4.78, 5) is 58.7. The van der Waals surface area contributed by atoms with Crippen LogP contribution in [0.2, 0.25) is 0 Å². The van der Waals surface area contributed by atoms with Gasteiger partial charge in [-0.1, -0.05) is 245 Å². The summed E-state index contributed by atoms with van der Waals surface area (Å²) in [7, 11) is -8.00. The number of carbonyl (C=O) groups is 4. The molecule has 26 nitrogen and oxygen atoms in total. The fraction of sp³-hybridized carbons (Fsp3) is 0.400. The zero-order valence-electron chi connectivity index (χ0n) is 72.0. The maximum absolute atomic E-state index is 13.2. The first-order valence-corrected chi connectivity index (χ1v) is 51.7. The molecule has 0 aromatic heterocycles. The molecular formula is C90H108BBr4ClN5NaO21S4. The first-order valence-electron chi connectivity index (χ1n) is 40.6. The summed E-state index contributed by atoms with van der Waals surface area (Å²) < 4.78 is 121. The van der Waals surface area contributed by atoms with Crippen LogP contribution in [0.15, 0.2) is 249 Å². The van der Waals surface area contributed by atoms with Crippen LogP contribution in [0.4, 0.5) is 19.2 Å². The molecule has 6 aliphatic rings. The molecule has 6 heterocycles. The first-order chi connectivity index (χ1) is 59.2. The average molecular weight is 2110 g/mol. The molecule has 8 aromatic rings. The number of carbonyl (C=O) groups excluding carboxylic acids is 4. The number of hydrogen-bond donors (Lipinski definition) is 3. The molecule has 0 saturated carbocycles. The average Bonchev–Trinajstić information content (AvgIpc) is 1.71. The predicted octanol–water partition coefficient (Wildman–Crippen LogP) is 16.7. The summed E-state index contributed by atoms with van der Waals surface area (Å²) >= 11 is 13.7. The van der Waals surface area contributed by atoms with Crippen LogP contribution in [0.5, 0.6) is 0 Å². The smallest absolute Gasteiger partial charge is 1.00 e.